The summed E-state index contributed by atoms with van der Waals surface area (Å²) in [7, 11) is -3.30. The van der Waals surface area contributed by atoms with Gasteiger partial charge in [0.05, 0.1) is 21.2 Å². The zero-order valence-electron chi connectivity index (χ0n) is 11.6. The highest BCUT2D eigenvalue weighted by Crippen LogP contribution is 2.21. The first-order chi connectivity index (χ1) is 10.3. The molecule has 0 bridgehead atoms. The lowest BCUT2D eigenvalue weighted by Gasteiger charge is -2.08. The molecular weight excluding hydrogens is 329 g/mol. The molecule has 2 rings (SSSR count). The van der Waals surface area contributed by atoms with E-state index in [-0.39, 0.29) is 21.2 Å². The highest BCUT2D eigenvalue weighted by atomic mass is 35.5. The molecule has 1 amide bonds. The number of carbonyl (C=O) groups excluding carboxylic acids is 1. The molecule has 1 N–H and O–H groups in total. The van der Waals surface area contributed by atoms with Gasteiger partial charge in [-0.1, -0.05) is 24.6 Å². The number of nitrogens with one attached hydrogen (secondary N) is 1. The van der Waals surface area contributed by atoms with Gasteiger partial charge in [-0.3, -0.25) is 4.79 Å². The average molecular weight is 342 g/mol. The zero-order valence-corrected chi connectivity index (χ0v) is 13.2. The summed E-state index contributed by atoms with van der Waals surface area (Å²) in [5.74, 6) is -1.44. The molecule has 0 unspecified atom stereocenters. The molecule has 4 nitrogen and oxygen atoms in total. The molecule has 0 aliphatic rings. The molecule has 0 aliphatic carbocycles. The van der Waals surface area contributed by atoms with Crippen LogP contribution in [0.5, 0.6) is 0 Å². The summed E-state index contributed by atoms with van der Waals surface area (Å²) >= 11 is 5.81. The third-order valence-electron chi connectivity index (χ3n) is 3.04. The molecule has 2 aromatic carbocycles. The predicted molar refractivity (Wildman–Crippen MR) is 83.5 cm³/mol. The number of halogens is 2. The SMILES string of the molecule is CCS(=O)(=O)c1ccc(NC(=O)c2c(F)cccc2Cl)cc1. The molecule has 0 fully saturated rings. The third-order valence-corrected chi connectivity index (χ3v) is 5.11. The van der Waals surface area contributed by atoms with Crippen LogP contribution in [0.15, 0.2) is 47.4 Å². The summed E-state index contributed by atoms with van der Waals surface area (Å²) in [5.41, 5.74) is 0.0915. The van der Waals surface area contributed by atoms with Crippen molar-refractivity contribution in [1.82, 2.24) is 0 Å². The van der Waals surface area contributed by atoms with E-state index in [1.807, 2.05) is 0 Å². The number of carbonyl (C=O) groups is 1. The maximum absolute atomic E-state index is 13.6. The second-order valence-electron chi connectivity index (χ2n) is 4.48. The summed E-state index contributed by atoms with van der Waals surface area (Å²) in [6.07, 6.45) is 0. The number of sulfone groups is 1. The van der Waals surface area contributed by atoms with Crippen molar-refractivity contribution < 1.29 is 17.6 Å². The first kappa shape index (κ1) is 16.5. The van der Waals surface area contributed by atoms with Crippen molar-refractivity contribution in [2.75, 3.05) is 11.1 Å². The topological polar surface area (TPSA) is 63.2 Å². The molecular formula is C15H13ClFNO3S. The van der Waals surface area contributed by atoms with E-state index in [0.717, 1.165) is 6.07 Å². The largest absolute Gasteiger partial charge is 0.322 e. The number of rotatable bonds is 4. The van der Waals surface area contributed by atoms with Gasteiger partial charge < -0.3 is 5.32 Å². The average Bonchev–Trinajstić information content (AvgIpc) is 2.47. The van der Waals surface area contributed by atoms with Gasteiger partial charge in [-0.25, -0.2) is 12.8 Å². The van der Waals surface area contributed by atoms with E-state index in [2.05, 4.69) is 5.32 Å². The van der Waals surface area contributed by atoms with Crippen molar-refractivity contribution >= 4 is 33.0 Å². The van der Waals surface area contributed by atoms with Gasteiger partial charge in [-0.15, -0.1) is 0 Å². The van der Waals surface area contributed by atoms with Crippen LogP contribution in [0.2, 0.25) is 5.02 Å². The molecule has 7 heteroatoms. The van der Waals surface area contributed by atoms with Gasteiger partial charge in [0.1, 0.15) is 5.82 Å². The van der Waals surface area contributed by atoms with Gasteiger partial charge in [-0.05, 0) is 36.4 Å². The Labute approximate surface area is 132 Å². The fraction of sp³-hybridized carbons (Fsp3) is 0.133. The Morgan fingerprint density at radius 1 is 1.18 bits per heavy atom. The monoisotopic (exact) mass is 341 g/mol. The number of hydrogen-bond acceptors (Lipinski definition) is 3. The second kappa shape index (κ2) is 6.46. The Morgan fingerprint density at radius 3 is 2.36 bits per heavy atom. The normalized spacial score (nSPS) is 11.2. The molecule has 116 valence electrons. The van der Waals surface area contributed by atoms with E-state index in [4.69, 9.17) is 11.6 Å². The minimum absolute atomic E-state index is 0.00248. The minimum Gasteiger partial charge on any atom is -0.322 e. The maximum atomic E-state index is 13.6. The van der Waals surface area contributed by atoms with Crippen LogP contribution in [0, 0.1) is 5.82 Å². The van der Waals surface area contributed by atoms with Crippen LogP contribution >= 0.6 is 11.6 Å². The number of amides is 1. The van der Waals surface area contributed by atoms with Crippen molar-refractivity contribution in [1.29, 1.82) is 0 Å². The van der Waals surface area contributed by atoms with E-state index in [1.54, 1.807) is 6.92 Å². The lowest BCUT2D eigenvalue weighted by molar-refractivity contribution is 0.102. The first-order valence-electron chi connectivity index (χ1n) is 6.43. The molecule has 0 heterocycles. The van der Waals surface area contributed by atoms with Crippen molar-refractivity contribution in [2.24, 2.45) is 0 Å². The number of hydrogen-bond donors (Lipinski definition) is 1. The predicted octanol–water partition coefficient (Wildman–Crippen LogP) is 3.53. The van der Waals surface area contributed by atoms with Gasteiger partial charge >= 0.3 is 0 Å². The van der Waals surface area contributed by atoms with Crippen LogP contribution in [0.1, 0.15) is 17.3 Å². The van der Waals surface area contributed by atoms with Gasteiger partial charge in [-0.2, -0.15) is 0 Å². The standard InChI is InChI=1S/C15H13ClFNO3S/c1-2-22(20,21)11-8-6-10(7-9-11)18-15(19)14-12(16)4-3-5-13(14)17/h3-9H,2H2,1H3,(H,18,19). The van der Waals surface area contributed by atoms with E-state index >= 15 is 0 Å². The lowest BCUT2D eigenvalue weighted by Crippen LogP contribution is -2.14. The van der Waals surface area contributed by atoms with Gasteiger partial charge in [0.25, 0.3) is 5.91 Å². The van der Waals surface area contributed by atoms with Crippen LogP contribution in [-0.2, 0) is 9.84 Å². The van der Waals surface area contributed by atoms with E-state index in [0.29, 0.717) is 5.69 Å². The first-order valence-corrected chi connectivity index (χ1v) is 8.46. The van der Waals surface area contributed by atoms with Crippen molar-refractivity contribution in [3.05, 3.63) is 58.9 Å². The van der Waals surface area contributed by atoms with Crippen LogP contribution in [-0.4, -0.2) is 20.1 Å². The van der Waals surface area contributed by atoms with Gasteiger partial charge in [0.2, 0.25) is 0 Å². The van der Waals surface area contributed by atoms with Crippen LogP contribution < -0.4 is 5.32 Å². The molecule has 0 spiro atoms. The summed E-state index contributed by atoms with van der Waals surface area (Å²) in [6, 6.07) is 9.60. The van der Waals surface area contributed by atoms with Crippen LogP contribution in [0.25, 0.3) is 0 Å². The fourth-order valence-electron chi connectivity index (χ4n) is 1.82. The van der Waals surface area contributed by atoms with E-state index < -0.39 is 21.6 Å². The summed E-state index contributed by atoms with van der Waals surface area (Å²) in [4.78, 5) is 12.2. The number of anilines is 1. The maximum Gasteiger partial charge on any atom is 0.260 e. The molecule has 0 aliphatic heterocycles. The molecule has 0 aromatic heterocycles. The van der Waals surface area contributed by atoms with Crippen LogP contribution in [0.3, 0.4) is 0 Å². The lowest BCUT2D eigenvalue weighted by atomic mass is 10.2. The second-order valence-corrected chi connectivity index (χ2v) is 7.16. The molecule has 2 aromatic rings. The summed E-state index contributed by atoms with van der Waals surface area (Å²) in [5, 5.41) is 2.48. The van der Waals surface area contributed by atoms with Crippen molar-refractivity contribution in [3.63, 3.8) is 0 Å². The van der Waals surface area contributed by atoms with Gasteiger partial charge in [0.15, 0.2) is 9.84 Å². The van der Waals surface area contributed by atoms with Crippen molar-refractivity contribution in [2.45, 2.75) is 11.8 Å². The Kier molecular flexibility index (Phi) is 4.83. The Bertz CT molecular complexity index is 784. The van der Waals surface area contributed by atoms with Crippen LogP contribution in [0.4, 0.5) is 10.1 Å². The fourth-order valence-corrected chi connectivity index (χ4v) is 2.95. The molecule has 0 atom stereocenters. The molecule has 0 radical (unpaired) electrons. The molecule has 22 heavy (non-hydrogen) atoms. The van der Waals surface area contributed by atoms with Crippen molar-refractivity contribution in [3.8, 4) is 0 Å². The highest BCUT2D eigenvalue weighted by molar-refractivity contribution is 7.91. The summed E-state index contributed by atoms with van der Waals surface area (Å²) in [6.45, 7) is 1.55. The Balaban J connectivity index is 2.23. The minimum atomic E-state index is -3.30. The molecule has 0 saturated heterocycles. The Hall–Kier alpha value is -1.92. The Morgan fingerprint density at radius 2 is 1.82 bits per heavy atom. The number of benzene rings is 2. The molecule has 0 saturated carbocycles. The summed E-state index contributed by atoms with van der Waals surface area (Å²) < 4.78 is 37.0. The smallest absolute Gasteiger partial charge is 0.260 e. The van der Waals surface area contributed by atoms with Gasteiger partial charge in [0, 0.05) is 5.69 Å². The third kappa shape index (κ3) is 3.45. The quantitative estimate of drug-likeness (QED) is 0.925. The highest BCUT2D eigenvalue weighted by Gasteiger charge is 2.16. The van der Waals surface area contributed by atoms with E-state index in [9.17, 15) is 17.6 Å². The zero-order chi connectivity index (χ0) is 16.3. The van der Waals surface area contributed by atoms with E-state index in [1.165, 1.54) is 36.4 Å².